The molecule has 0 radical (unpaired) electrons. The fourth-order valence-electron chi connectivity index (χ4n) is 3.46. The summed E-state index contributed by atoms with van der Waals surface area (Å²) in [6.07, 6.45) is 4.70. The number of piperazine rings is 1. The van der Waals surface area contributed by atoms with Crippen LogP contribution in [0.15, 0.2) is 0 Å². The van der Waals surface area contributed by atoms with Crippen LogP contribution < -0.4 is 5.32 Å². The maximum atomic E-state index is 12.6. The molecule has 114 valence electrons. The van der Waals surface area contributed by atoms with E-state index in [1.54, 1.807) is 14.0 Å². The van der Waals surface area contributed by atoms with E-state index in [-0.39, 0.29) is 24.0 Å². The van der Waals surface area contributed by atoms with Crippen molar-refractivity contribution in [2.45, 2.75) is 76.6 Å². The Balaban J connectivity index is 2.28. The number of hydrogen-bond donors (Lipinski definition) is 1. The summed E-state index contributed by atoms with van der Waals surface area (Å²) in [7, 11) is 1.72. The van der Waals surface area contributed by atoms with Gasteiger partial charge in [-0.15, -0.1) is 0 Å². The van der Waals surface area contributed by atoms with Crippen LogP contribution in [0, 0.1) is 0 Å². The van der Waals surface area contributed by atoms with E-state index in [1.165, 1.54) is 0 Å². The zero-order valence-corrected chi connectivity index (χ0v) is 12.9. The zero-order chi connectivity index (χ0) is 14.9. The molecule has 2 rings (SSSR count). The number of nitrogens with one attached hydrogen (secondary N) is 1. The van der Waals surface area contributed by atoms with Crippen LogP contribution in [0.2, 0.25) is 0 Å². The monoisotopic (exact) mass is 282 g/mol. The summed E-state index contributed by atoms with van der Waals surface area (Å²) < 4.78 is 5.46. The van der Waals surface area contributed by atoms with Crippen LogP contribution in [-0.4, -0.2) is 47.6 Å². The van der Waals surface area contributed by atoms with Gasteiger partial charge in [0.2, 0.25) is 11.8 Å². The number of rotatable bonds is 3. The summed E-state index contributed by atoms with van der Waals surface area (Å²) in [5, 5.41) is 2.80. The van der Waals surface area contributed by atoms with Gasteiger partial charge in [0, 0.05) is 13.2 Å². The Morgan fingerprint density at radius 3 is 2.70 bits per heavy atom. The topological polar surface area (TPSA) is 58.6 Å². The number of ether oxygens (including phenoxy) is 1. The number of methoxy groups -OCH3 is 1. The first-order valence-corrected chi connectivity index (χ1v) is 7.61. The third-order valence-corrected chi connectivity index (χ3v) is 4.96. The van der Waals surface area contributed by atoms with E-state index in [0.717, 1.165) is 25.7 Å². The molecule has 0 aromatic rings. The molecule has 5 heteroatoms. The number of carbonyl (C=O) groups excluding carboxylic acids is 2. The van der Waals surface area contributed by atoms with Gasteiger partial charge < -0.3 is 15.0 Å². The third-order valence-electron chi connectivity index (χ3n) is 4.96. The van der Waals surface area contributed by atoms with Gasteiger partial charge in [0.25, 0.3) is 0 Å². The van der Waals surface area contributed by atoms with Gasteiger partial charge in [-0.1, -0.05) is 6.92 Å². The average molecular weight is 282 g/mol. The molecule has 20 heavy (non-hydrogen) atoms. The summed E-state index contributed by atoms with van der Waals surface area (Å²) in [5.74, 6) is 0.00217. The SMILES string of the molecule is CCC1(C)C(=O)NC(C)C(=O)N1C1CCCC(OC)C1. The molecule has 4 atom stereocenters. The van der Waals surface area contributed by atoms with Crippen LogP contribution in [0.1, 0.15) is 52.9 Å². The van der Waals surface area contributed by atoms with E-state index < -0.39 is 11.6 Å². The molecule has 2 aliphatic rings. The Kier molecular flexibility index (Phi) is 4.37. The quantitative estimate of drug-likeness (QED) is 0.852. The highest BCUT2D eigenvalue weighted by atomic mass is 16.5. The van der Waals surface area contributed by atoms with Gasteiger partial charge in [0.15, 0.2) is 0 Å². The molecular formula is C15H26N2O3. The van der Waals surface area contributed by atoms with Crippen LogP contribution in [-0.2, 0) is 14.3 Å². The molecule has 1 heterocycles. The maximum Gasteiger partial charge on any atom is 0.246 e. The minimum absolute atomic E-state index is 0.0355. The van der Waals surface area contributed by atoms with Crippen LogP contribution in [0.3, 0.4) is 0 Å². The predicted molar refractivity (Wildman–Crippen MR) is 76.2 cm³/mol. The summed E-state index contributed by atoms with van der Waals surface area (Å²) >= 11 is 0. The average Bonchev–Trinajstić information content (AvgIpc) is 2.45. The molecule has 1 saturated heterocycles. The van der Waals surface area contributed by atoms with Crippen LogP contribution in [0.25, 0.3) is 0 Å². The summed E-state index contributed by atoms with van der Waals surface area (Å²) in [6, 6.07) is -0.315. The molecule has 1 saturated carbocycles. The highest BCUT2D eigenvalue weighted by molar-refractivity contribution is 5.99. The van der Waals surface area contributed by atoms with Crippen molar-refractivity contribution >= 4 is 11.8 Å². The second-order valence-corrected chi connectivity index (χ2v) is 6.21. The molecule has 4 unspecified atom stereocenters. The Morgan fingerprint density at radius 2 is 2.10 bits per heavy atom. The molecule has 2 amide bonds. The van der Waals surface area contributed by atoms with Gasteiger partial charge in [-0.25, -0.2) is 0 Å². The third kappa shape index (κ3) is 2.43. The zero-order valence-electron chi connectivity index (χ0n) is 12.9. The van der Waals surface area contributed by atoms with Crippen molar-refractivity contribution in [3.8, 4) is 0 Å². The first-order valence-electron chi connectivity index (χ1n) is 7.61. The van der Waals surface area contributed by atoms with Gasteiger partial charge in [0.05, 0.1) is 6.10 Å². The molecule has 1 aliphatic heterocycles. The standard InChI is InChI=1S/C15H26N2O3/c1-5-15(3)14(19)16-10(2)13(18)17(15)11-7-6-8-12(9-11)20-4/h10-12H,5-9H2,1-4H3,(H,16,19). The molecule has 1 N–H and O–H groups in total. The van der Waals surface area contributed by atoms with E-state index in [9.17, 15) is 9.59 Å². The van der Waals surface area contributed by atoms with E-state index in [2.05, 4.69) is 5.32 Å². The molecule has 1 aliphatic carbocycles. The second-order valence-electron chi connectivity index (χ2n) is 6.21. The molecule has 0 spiro atoms. The fraction of sp³-hybridized carbons (Fsp3) is 0.867. The van der Waals surface area contributed by atoms with Gasteiger partial charge in [-0.2, -0.15) is 0 Å². The Hall–Kier alpha value is -1.10. The Morgan fingerprint density at radius 1 is 1.40 bits per heavy atom. The van der Waals surface area contributed by atoms with Gasteiger partial charge in [0.1, 0.15) is 11.6 Å². The largest absolute Gasteiger partial charge is 0.381 e. The lowest BCUT2D eigenvalue weighted by Gasteiger charge is -2.50. The first-order chi connectivity index (χ1) is 9.43. The number of amides is 2. The first kappa shape index (κ1) is 15.3. The van der Waals surface area contributed by atoms with E-state index in [1.807, 2.05) is 18.7 Å². The van der Waals surface area contributed by atoms with Crippen molar-refractivity contribution < 1.29 is 14.3 Å². The van der Waals surface area contributed by atoms with Gasteiger partial charge in [-0.05, 0) is 46.0 Å². The number of hydrogen-bond acceptors (Lipinski definition) is 3. The lowest BCUT2D eigenvalue weighted by atomic mass is 9.84. The Labute approximate surface area is 121 Å². The lowest BCUT2D eigenvalue weighted by Crippen LogP contribution is -2.71. The summed E-state index contributed by atoms with van der Waals surface area (Å²) in [5.41, 5.74) is -0.732. The van der Waals surface area contributed by atoms with Crippen LogP contribution >= 0.6 is 0 Å². The highest BCUT2D eigenvalue weighted by Crippen LogP contribution is 2.34. The van der Waals surface area contributed by atoms with Gasteiger partial charge in [-0.3, -0.25) is 9.59 Å². The Bertz CT molecular complexity index is 399. The van der Waals surface area contributed by atoms with Crippen LogP contribution in [0.4, 0.5) is 0 Å². The second kappa shape index (κ2) is 5.72. The minimum atomic E-state index is -0.732. The van der Waals surface area contributed by atoms with Gasteiger partial charge >= 0.3 is 0 Å². The summed E-state index contributed by atoms with van der Waals surface area (Å²) in [6.45, 7) is 5.61. The van der Waals surface area contributed by atoms with E-state index in [0.29, 0.717) is 6.42 Å². The van der Waals surface area contributed by atoms with E-state index >= 15 is 0 Å². The minimum Gasteiger partial charge on any atom is -0.381 e. The molecule has 0 aromatic carbocycles. The van der Waals surface area contributed by atoms with Crippen LogP contribution in [0.5, 0.6) is 0 Å². The highest BCUT2D eigenvalue weighted by Gasteiger charge is 2.50. The lowest BCUT2D eigenvalue weighted by molar-refractivity contribution is -0.162. The van der Waals surface area contributed by atoms with Crippen molar-refractivity contribution in [1.82, 2.24) is 10.2 Å². The van der Waals surface area contributed by atoms with Crippen molar-refractivity contribution in [3.63, 3.8) is 0 Å². The molecular weight excluding hydrogens is 256 g/mol. The maximum absolute atomic E-state index is 12.6. The number of carbonyl (C=O) groups is 2. The predicted octanol–water partition coefficient (Wildman–Crippen LogP) is 1.46. The smallest absolute Gasteiger partial charge is 0.246 e. The van der Waals surface area contributed by atoms with E-state index in [4.69, 9.17) is 4.74 Å². The fourth-order valence-corrected chi connectivity index (χ4v) is 3.46. The normalized spacial score (nSPS) is 38.8. The van der Waals surface area contributed by atoms with Crippen molar-refractivity contribution in [2.75, 3.05) is 7.11 Å². The molecule has 2 fully saturated rings. The van der Waals surface area contributed by atoms with Crippen molar-refractivity contribution in [1.29, 1.82) is 0 Å². The molecule has 0 aromatic heterocycles. The molecule has 5 nitrogen and oxygen atoms in total. The van der Waals surface area contributed by atoms with Crippen molar-refractivity contribution in [3.05, 3.63) is 0 Å². The van der Waals surface area contributed by atoms with Crippen molar-refractivity contribution in [2.24, 2.45) is 0 Å². The molecule has 0 bridgehead atoms. The number of nitrogens with zero attached hydrogens (tertiary/aromatic N) is 1. The summed E-state index contributed by atoms with van der Waals surface area (Å²) in [4.78, 5) is 26.8.